The summed E-state index contributed by atoms with van der Waals surface area (Å²) in [6.45, 7) is 2.28. The molecule has 1 N–H and O–H groups in total. The molecule has 6 nitrogen and oxygen atoms in total. The number of nitrogens with zero attached hydrogens (tertiary/aromatic N) is 4. The van der Waals surface area contributed by atoms with E-state index in [9.17, 15) is 13.2 Å². The number of halogens is 3. The number of hydrogen-bond acceptors (Lipinski definition) is 4. The molecule has 2 aliphatic heterocycles. The number of alkyl halides is 3. The lowest BCUT2D eigenvalue weighted by molar-refractivity contribution is -0.141. The third kappa shape index (κ3) is 3.64. The van der Waals surface area contributed by atoms with Crippen LogP contribution < -0.4 is 5.32 Å². The topological polar surface area (TPSA) is 56.9 Å². The van der Waals surface area contributed by atoms with Crippen molar-refractivity contribution in [2.45, 2.75) is 51.1 Å². The van der Waals surface area contributed by atoms with Crippen molar-refractivity contribution in [1.29, 1.82) is 0 Å². The smallest absolute Gasteiger partial charge is 0.376 e. The fourth-order valence-corrected chi connectivity index (χ4v) is 3.85. The highest BCUT2D eigenvalue weighted by Gasteiger charge is 2.30. The highest BCUT2D eigenvalue weighted by Crippen LogP contribution is 2.32. The van der Waals surface area contributed by atoms with E-state index in [1.807, 2.05) is 4.68 Å². The van der Waals surface area contributed by atoms with Crippen LogP contribution in [0.15, 0.2) is 12.4 Å². The molecule has 0 amide bonds. The molecule has 2 aromatic rings. The van der Waals surface area contributed by atoms with Crippen LogP contribution >= 0.6 is 0 Å². The fraction of sp³-hybridized carbons (Fsp3) is 0.647. The highest BCUT2D eigenvalue weighted by atomic mass is 19.4. The molecule has 0 unspecified atom stereocenters. The summed E-state index contributed by atoms with van der Waals surface area (Å²) in [4.78, 5) is 4.13. The van der Waals surface area contributed by atoms with Crippen molar-refractivity contribution in [2.75, 3.05) is 19.7 Å². The Balaban J connectivity index is 1.63. The maximum Gasteiger partial charge on any atom is 0.406 e. The van der Waals surface area contributed by atoms with Gasteiger partial charge in [0.25, 0.3) is 0 Å². The summed E-state index contributed by atoms with van der Waals surface area (Å²) in [5, 5.41) is 8.15. The van der Waals surface area contributed by atoms with E-state index in [-0.39, 0.29) is 6.54 Å². The number of nitrogens with one attached hydrogen (secondary N) is 1. The number of piperidine rings is 1. The van der Waals surface area contributed by atoms with Gasteiger partial charge in [0.1, 0.15) is 12.4 Å². The molecule has 1 saturated heterocycles. The lowest BCUT2D eigenvalue weighted by atomic mass is 9.91. The molecule has 0 spiro atoms. The van der Waals surface area contributed by atoms with Gasteiger partial charge in [-0.05, 0) is 25.9 Å². The van der Waals surface area contributed by atoms with Gasteiger partial charge in [0.15, 0.2) is 0 Å². The van der Waals surface area contributed by atoms with Gasteiger partial charge in [-0.2, -0.15) is 18.3 Å². The van der Waals surface area contributed by atoms with Crippen LogP contribution in [0.4, 0.5) is 13.2 Å². The molecule has 4 rings (SSSR count). The van der Waals surface area contributed by atoms with Crippen LogP contribution in [0.5, 0.6) is 0 Å². The Morgan fingerprint density at radius 2 is 2.08 bits per heavy atom. The van der Waals surface area contributed by atoms with Gasteiger partial charge in [-0.1, -0.05) is 0 Å². The SMILES string of the molecule is FC(F)(F)Cn1ccnc1Cn1nc(C2CCNCC2)c2c1CCOC2. The average Bonchev–Trinajstić information content (AvgIpc) is 3.20. The van der Waals surface area contributed by atoms with Crippen molar-refractivity contribution in [3.05, 3.63) is 35.2 Å². The molecular formula is C17H22F3N5O. The van der Waals surface area contributed by atoms with Gasteiger partial charge < -0.3 is 14.6 Å². The molecule has 0 aliphatic carbocycles. The van der Waals surface area contributed by atoms with Crippen molar-refractivity contribution in [1.82, 2.24) is 24.6 Å². The minimum absolute atomic E-state index is 0.246. The van der Waals surface area contributed by atoms with Crippen molar-refractivity contribution in [3.63, 3.8) is 0 Å². The summed E-state index contributed by atoms with van der Waals surface area (Å²) in [5.41, 5.74) is 3.25. The minimum atomic E-state index is -4.27. The summed E-state index contributed by atoms with van der Waals surface area (Å²) in [5.74, 6) is 0.749. The molecule has 4 heterocycles. The number of rotatable bonds is 4. The molecule has 0 radical (unpaired) electrons. The van der Waals surface area contributed by atoms with Crippen LogP contribution in [-0.2, 0) is 30.9 Å². The van der Waals surface area contributed by atoms with E-state index in [2.05, 4.69) is 10.3 Å². The first-order chi connectivity index (χ1) is 12.5. The minimum Gasteiger partial charge on any atom is -0.376 e. The van der Waals surface area contributed by atoms with Gasteiger partial charge in [0.2, 0.25) is 0 Å². The predicted molar refractivity (Wildman–Crippen MR) is 87.8 cm³/mol. The first kappa shape index (κ1) is 17.5. The zero-order valence-electron chi connectivity index (χ0n) is 14.4. The van der Waals surface area contributed by atoms with Gasteiger partial charge in [-0.25, -0.2) is 4.98 Å². The second-order valence-corrected chi connectivity index (χ2v) is 6.88. The Hall–Kier alpha value is -1.87. The predicted octanol–water partition coefficient (Wildman–Crippen LogP) is 2.23. The average molecular weight is 369 g/mol. The van der Waals surface area contributed by atoms with Crippen LogP contribution in [0.1, 0.15) is 41.5 Å². The van der Waals surface area contributed by atoms with Gasteiger partial charge in [-0.15, -0.1) is 0 Å². The van der Waals surface area contributed by atoms with Crippen molar-refractivity contribution >= 4 is 0 Å². The summed E-state index contributed by atoms with van der Waals surface area (Å²) in [7, 11) is 0. The Kier molecular flexibility index (Phi) is 4.74. The summed E-state index contributed by atoms with van der Waals surface area (Å²) in [6.07, 6.45) is 1.28. The Morgan fingerprint density at radius 3 is 2.85 bits per heavy atom. The third-order valence-corrected chi connectivity index (χ3v) is 5.10. The van der Waals surface area contributed by atoms with E-state index in [4.69, 9.17) is 9.84 Å². The summed E-state index contributed by atoms with van der Waals surface area (Å²) >= 11 is 0. The standard InChI is InChI=1S/C17H22F3N5O/c18-17(19,20)11-24-7-6-22-15(24)9-25-14-3-8-26-10-13(14)16(23-25)12-1-4-21-5-2-12/h6-7,12,21H,1-5,8-11H2. The molecule has 2 aromatic heterocycles. The number of imidazole rings is 1. The van der Waals surface area contributed by atoms with Crippen LogP contribution in [-0.4, -0.2) is 45.2 Å². The quantitative estimate of drug-likeness (QED) is 0.898. The first-order valence-electron chi connectivity index (χ1n) is 8.95. The fourth-order valence-electron chi connectivity index (χ4n) is 3.85. The molecular weight excluding hydrogens is 347 g/mol. The van der Waals surface area contributed by atoms with E-state index >= 15 is 0 Å². The molecule has 0 atom stereocenters. The third-order valence-electron chi connectivity index (χ3n) is 5.10. The number of hydrogen-bond donors (Lipinski definition) is 1. The Labute approximate surface area is 149 Å². The number of ether oxygens (including phenoxy) is 1. The molecule has 0 bridgehead atoms. The molecule has 0 saturated carbocycles. The van der Waals surface area contributed by atoms with Crippen molar-refractivity contribution in [2.24, 2.45) is 0 Å². The van der Waals surface area contributed by atoms with Crippen LogP contribution in [0.2, 0.25) is 0 Å². The second-order valence-electron chi connectivity index (χ2n) is 6.88. The largest absolute Gasteiger partial charge is 0.406 e. The maximum atomic E-state index is 12.8. The maximum absolute atomic E-state index is 12.8. The van der Waals surface area contributed by atoms with Gasteiger partial charge >= 0.3 is 6.18 Å². The zero-order valence-corrected chi connectivity index (χ0v) is 14.4. The van der Waals surface area contributed by atoms with Crippen LogP contribution in [0.25, 0.3) is 0 Å². The normalized spacial score (nSPS) is 18.9. The van der Waals surface area contributed by atoms with Gasteiger partial charge in [0, 0.05) is 36.0 Å². The van der Waals surface area contributed by atoms with E-state index < -0.39 is 12.7 Å². The molecule has 1 fully saturated rings. The van der Waals surface area contributed by atoms with E-state index in [1.165, 1.54) is 12.4 Å². The zero-order chi connectivity index (χ0) is 18.1. The molecule has 9 heteroatoms. The monoisotopic (exact) mass is 369 g/mol. The van der Waals surface area contributed by atoms with Crippen LogP contribution in [0.3, 0.4) is 0 Å². The molecule has 2 aliphatic rings. The van der Waals surface area contributed by atoms with Crippen molar-refractivity contribution < 1.29 is 17.9 Å². The lowest BCUT2D eigenvalue weighted by Gasteiger charge is -2.23. The van der Waals surface area contributed by atoms with Crippen LogP contribution in [0, 0.1) is 0 Å². The lowest BCUT2D eigenvalue weighted by Crippen LogP contribution is -2.27. The first-order valence-corrected chi connectivity index (χ1v) is 8.95. The Morgan fingerprint density at radius 1 is 1.27 bits per heavy atom. The second kappa shape index (κ2) is 7.03. The highest BCUT2D eigenvalue weighted by molar-refractivity contribution is 5.31. The van der Waals surface area contributed by atoms with E-state index in [1.54, 1.807) is 0 Å². The summed E-state index contributed by atoms with van der Waals surface area (Å²) < 4.78 is 46.9. The number of aromatic nitrogens is 4. The Bertz CT molecular complexity index is 761. The van der Waals surface area contributed by atoms with E-state index in [0.717, 1.165) is 53.9 Å². The van der Waals surface area contributed by atoms with Gasteiger partial charge in [-0.3, -0.25) is 4.68 Å². The van der Waals surface area contributed by atoms with Gasteiger partial charge in [0.05, 0.1) is 25.5 Å². The number of fused-ring (bicyclic) bond motifs is 1. The molecule has 142 valence electrons. The van der Waals surface area contributed by atoms with E-state index in [0.29, 0.717) is 25.0 Å². The van der Waals surface area contributed by atoms with Crippen molar-refractivity contribution in [3.8, 4) is 0 Å². The molecule has 26 heavy (non-hydrogen) atoms. The summed E-state index contributed by atoms with van der Waals surface area (Å²) in [6, 6.07) is 0. The molecule has 0 aromatic carbocycles.